The van der Waals surface area contributed by atoms with Gasteiger partial charge < -0.3 is 10.2 Å². The predicted octanol–water partition coefficient (Wildman–Crippen LogP) is 4.16. The summed E-state index contributed by atoms with van der Waals surface area (Å²) in [6, 6.07) is 8.71. The number of phenols is 1. The molecule has 0 spiro atoms. The second kappa shape index (κ2) is 14.8. The Hall–Kier alpha value is -0.150. The number of aromatic hydroxyl groups is 1. The van der Waals surface area contributed by atoms with Gasteiger partial charge in [-0.2, -0.15) is 0 Å². The molecule has 0 fully saturated rings. The lowest BCUT2D eigenvalue weighted by Gasteiger charge is -1.82. The largest absolute Gasteiger partial charge is 0.508 e. The third kappa shape index (κ3) is 23.6. The van der Waals surface area contributed by atoms with Gasteiger partial charge in [-0.25, -0.2) is 0 Å². The van der Waals surface area contributed by atoms with Crippen molar-refractivity contribution < 1.29 is 10.2 Å². The van der Waals surface area contributed by atoms with Crippen LogP contribution in [0, 0.1) is 0 Å². The molecular weight excluding hydrogens is 270 g/mol. The number of rotatable bonds is 2. The molecule has 0 saturated heterocycles. The van der Waals surface area contributed by atoms with E-state index in [0.717, 1.165) is 12.8 Å². The molecule has 0 radical (unpaired) electrons. The molecule has 1 aromatic carbocycles. The second-order valence-electron chi connectivity index (χ2n) is 2.66. The van der Waals surface area contributed by atoms with Gasteiger partial charge in [-0.15, -0.1) is 0 Å². The van der Waals surface area contributed by atoms with Gasteiger partial charge in [0, 0.05) is 6.61 Å². The van der Waals surface area contributed by atoms with Crippen LogP contribution in [0.4, 0.5) is 0 Å². The molecule has 0 aliphatic rings. The van der Waals surface area contributed by atoms with Crippen LogP contribution >= 0.6 is 34.8 Å². The summed E-state index contributed by atoms with van der Waals surface area (Å²) in [5.74, 6) is 0.322. The van der Waals surface area contributed by atoms with E-state index in [4.69, 9.17) is 45.0 Å². The van der Waals surface area contributed by atoms with E-state index in [1.54, 1.807) is 24.3 Å². The van der Waals surface area contributed by atoms with E-state index in [-0.39, 0.29) is 0 Å². The van der Waals surface area contributed by atoms with Crippen LogP contribution in [-0.4, -0.2) is 21.1 Å². The number of aliphatic hydroxyl groups excluding tert-OH is 1. The van der Waals surface area contributed by atoms with Crippen LogP contribution in [-0.2, 0) is 0 Å². The molecule has 1 rings (SSSR count). The average Bonchev–Trinajstić information content (AvgIpc) is 2.20. The number of halogens is 3. The maximum atomic E-state index is 8.63. The Balaban J connectivity index is 0. The van der Waals surface area contributed by atoms with Gasteiger partial charge in [-0.1, -0.05) is 66.3 Å². The lowest BCUT2D eigenvalue weighted by atomic mass is 10.3. The van der Waals surface area contributed by atoms with Crippen molar-refractivity contribution in [1.29, 1.82) is 0 Å². The maximum absolute atomic E-state index is 8.63. The zero-order chi connectivity index (χ0) is 12.8. The molecule has 5 heteroatoms. The smallest absolute Gasteiger partial charge is 0.180 e. The van der Waals surface area contributed by atoms with E-state index < -0.39 is 4.30 Å². The molecule has 0 bridgehead atoms. The van der Waals surface area contributed by atoms with E-state index >= 15 is 0 Å². The normalized spacial score (nSPS) is 8.62. The van der Waals surface area contributed by atoms with E-state index in [1.807, 2.05) is 6.07 Å². The first kappa shape index (κ1) is 18.2. The Morgan fingerprint density at radius 2 is 1.56 bits per heavy atom. The van der Waals surface area contributed by atoms with Crippen molar-refractivity contribution >= 4 is 34.8 Å². The predicted molar refractivity (Wildman–Crippen MR) is 71.4 cm³/mol. The topological polar surface area (TPSA) is 40.5 Å². The van der Waals surface area contributed by atoms with Gasteiger partial charge in [0.05, 0.1) is 0 Å². The summed E-state index contributed by atoms with van der Waals surface area (Å²) in [4.78, 5) is 0. The molecule has 94 valence electrons. The van der Waals surface area contributed by atoms with Crippen LogP contribution < -0.4 is 0 Å². The molecule has 0 amide bonds. The van der Waals surface area contributed by atoms with Crippen molar-refractivity contribution in [3.8, 4) is 5.75 Å². The van der Waals surface area contributed by atoms with E-state index in [1.165, 1.54) is 0 Å². The monoisotopic (exact) mass is 286 g/mol. The van der Waals surface area contributed by atoms with Crippen molar-refractivity contribution in [2.24, 2.45) is 0 Å². The van der Waals surface area contributed by atoms with Crippen LogP contribution in [0.2, 0.25) is 0 Å². The summed E-state index contributed by atoms with van der Waals surface area (Å²) < 4.78 is -0.750. The van der Waals surface area contributed by atoms with Crippen LogP contribution in [0.3, 0.4) is 0 Å². The van der Waals surface area contributed by atoms with Crippen molar-refractivity contribution in [3.63, 3.8) is 0 Å². The van der Waals surface area contributed by atoms with Gasteiger partial charge >= 0.3 is 0 Å². The fourth-order valence-corrected chi connectivity index (χ4v) is 0.586. The highest BCUT2D eigenvalue weighted by Crippen LogP contribution is 2.03. The molecule has 0 aliphatic carbocycles. The Bertz CT molecular complexity index is 213. The highest BCUT2D eigenvalue weighted by molar-refractivity contribution is 6.63. The number of hydrogen-bond donors (Lipinski definition) is 2. The molecule has 2 nitrogen and oxygen atoms in total. The number of unbranched alkanes of at least 4 members (excludes halogenated alkanes) is 1. The number of hydrogen-bond acceptors (Lipinski definition) is 2. The first-order valence-electron chi connectivity index (χ1n) is 4.81. The summed E-state index contributed by atoms with van der Waals surface area (Å²) in [5.41, 5.74) is 0. The van der Waals surface area contributed by atoms with Crippen molar-refractivity contribution in [1.82, 2.24) is 0 Å². The zero-order valence-corrected chi connectivity index (χ0v) is 11.4. The van der Waals surface area contributed by atoms with Crippen molar-refractivity contribution in [2.75, 3.05) is 6.61 Å². The van der Waals surface area contributed by atoms with E-state index in [0.29, 0.717) is 12.4 Å². The van der Waals surface area contributed by atoms with Gasteiger partial charge in [0.1, 0.15) is 5.75 Å². The van der Waals surface area contributed by atoms with Gasteiger partial charge in [-0.3, -0.25) is 0 Å². The maximum Gasteiger partial charge on any atom is 0.180 e. The van der Waals surface area contributed by atoms with Crippen molar-refractivity contribution in [3.05, 3.63) is 30.3 Å². The van der Waals surface area contributed by atoms with E-state index in [2.05, 4.69) is 6.92 Å². The summed E-state index contributed by atoms with van der Waals surface area (Å²) >= 11 is 14.4. The Morgan fingerprint density at radius 3 is 1.69 bits per heavy atom. The standard InChI is InChI=1S/C6H6O.C4H10O.CHCl3/c7-6-4-2-1-3-5-6;1-2-3-4-5;2-1(3)4/h1-5,7H;5H,2-4H2,1H3;1H. The third-order valence-electron chi connectivity index (χ3n) is 1.27. The Morgan fingerprint density at radius 1 is 1.12 bits per heavy atom. The van der Waals surface area contributed by atoms with Crippen LogP contribution in [0.15, 0.2) is 30.3 Å². The average molecular weight is 288 g/mol. The Kier molecular flexibility index (Phi) is 16.9. The summed E-state index contributed by atoms with van der Waals surface area (Å²) in [7, 11) is 0. The van der Waals surface area contributed by atoms with Gasteiger partial charge in [0.15, 0.2) is 4.30 Å². The van der Waals surface area contributed by atoms with Gasteiger partial charge in [0.2, 0.25) is 0 Å². The van der Waals surface area contributed by atoms with E-state index in [9.17, 15) is 0 Å². The molecular formula is C11H17Cl3O2. The molecule has 1 aromatic rings. The second-order valence-corrected chi connectivity index (χ2v) is 4.64. The van der Waals surface area contributed by atoms with Crippen LogP contribution in [0.1, 0.15) is 19.8 Å². The Labute approximate surface area is 112 Å². The minimum absolute atomic E-state index is 0.322. The lowest BCUT2D eigenvalue weighted by Crippen LogP contribution is -1.75. The SMILES string of the molecule is CCCCO.ClC(Cl)Cl.Oc1ccccc1. The first-order valence-corrected chi connectivity index (χ1v) is 6.12. The summed E-state index contributed by atoms with van der Waals surface area (Å²) in [6.45, 7) is 2.40. The highest BCUT2D eigenvalue weighted by atomic mass is 35.6. The number of aliphatic hydroxyl groups is 1. The van der Waals surface area contributed by atoms with Crippen LogP contribution in [0.5, 0.6) is 5.75 Å². The van der Waals surface area contributed by atoms with Crippen molar-refractivity contribution in [2.45, 2.75) is 24.1 Å². The third-order valence-corrected chi connectivity index (χ3v) is 1.27. The number of phenolic OH excluding ortho intramolecular Hbond substituents is 1. The number of alkyl halides is 3. The molecule has 0 unspecified atom stereocenters. The highest BCUT2D eigenvalue weighted by Gasteiger charge is 1.79. The number of para-hydroxylation sites is 1. The lowest BCUT2D eigenvalue weighted by molar-refractivity contribution is 0.287. The fraction of sp³-hybridized carbons (Fsp3) is 0.455. The summed E-state index contributed by atoms with van der Waals surface area (Å²) in [5, 5.41) is 16.7. The fourth-order valence-electron chi connectivity index (χ4n) is 0.586. The molecule has 0 heterocycles. The zero-order valence-electron chi connectivity index (χ0n) is 9.11. The molecule has 2 N–H and O–H groups in total. The molecule has 0 saturated carbocycles. The quantitative estimate of drug-likeness (QED) is 0.802. The molecule has 0 atom stereocenters. The molecule has 0 aliphatic heterocycles. The first-order chi connectivity index (χ1) is 7.54. The summed E-state index contributed by atoms with van der Waals surface area (Å²) in [6.07, 6.45) is 2.04. The van der Waals surface area contributed by atoms with Gasteiger partial charge in [0.25, 0.3) is 0 Å². The number of benzene rings is 1. The minimum Gasteiger partial charge on any atom is -0.508 e. The molecule has 0 aromatic heterocycles. The minimum atomic E-state index is -0.750. The van der Waals surface area contributed by atoms with Crippen LogP contribution in [0.25, 0.3) is 0 Å². The molecule has 16 heavy (non-hydrogen) atoms. The van der Waals surface area contributed by atoms with Gasteiger partial charge in [-0.05, 0) is 18.6 Å².